The SMILES string of the molecule is Cc1nc(-c2ccncc2)n2cnnc2c1Cl. The van der Waals surface area contributed by atoms with Gasteiger partial charge in [-0.25, -0.2) is 4.98 Å². The fraction of sp³-hybridized carbons (Fsp3) is 0.0909. The molecule has 0 spiro atoms. The van der Waals surface area contributed by atoms with Crippen LogP contribution in [0.3, 0.4) is 0 Å². The first-order valence-corrected chi connectivity index (χ1v) is 5.41. The van der Waals surface area contributed by atoms with Crippen molar-refractivity contribution in [3.05, 3.63) is 41.6 Å². The van der Waals surface area contributed by atoms with Crippen LogP contribution in [0.15, 0.2) is 30.9 Å². The summed E-state index contributed by atoms with van der Waals surface area (Å²) in [5.74, 6) is 0.759. The van der Waals surface area contributed by atoms with Gasteiger partial charge in [0, 0.05) is 18.0 Å². The molecular weight excluding hydrogens is 238 g/mol. The minimum absolute atomic E-state index is 0.528. The zero-order valence-electron chi connectivity index (χ0n) is 9.00. The van der Waals surface area contributed by atoms with Gasteiger partial charge in [-0.15, -0.1) is 10.2 Å². The number of halogens is 1. The minimum Gasteiger partial charge on any atom is -0.265 e. The van der Waals surface area contributed by atoms with E-state index in [2.05, 4.69) is 20.2 Å². The van der Waals surface area contributed by atoms with Gasteiger partial charge in [0.2, 0.25) is 0 Å². The number of nitrogens with zero attached hydrogens (tertiary/aromatic N) is 5. The van der Waals surface area contributed by atoms with Crippen molar-refractivity contribution in [2.45, 2.75) is 6.92 Å². The van der Waals surface area contributed by atoms with Crippen molar-refractivity contribution in [2.75, 3.05) is 0 Å². The van der Waals surface area contributed by atoms with E-state index in [1.54, 1.807) is 23.1 Å². The number of hydrogen-bond acceptors (Lipinski definition) is 4. The van der Waals surface area contributed by atoms with Crippen LogP contribution < -0.4 is 0 Å². The van der Waals surface area contributed by atoms with Crippen LogP contribution >= 0.6 is 11.6 Å². The summed E-state index contributed by atoms with van der Waals surface area (Å²) in [5, 5.41) is 8.38. The number of pyridine rings is 1. The minimum atomic E-state index is 0.528. The zero-order chi connectivity index (χ0) is 11.8. The lowest BCUT2D eigenvalue weighted by atomic mass is 10.2. The predicted molar refractivity (Wildman–Crippen MR) is 63.8 cm³/mol. The van der Waals surface area contributed by atoms with Crippen LogP contribution in [0.2, 0.25) is 5.02 Å². The maximum atomic E-state index is 6.13. The molecule has 0 aliphatic rings. The third kappa shape index (κ3) is 1.55. The second kappa shape index (κ2) is 3.78. The van der Waals surface area contributed by atoms with E-state index in [0.717, 1.165) is 17.1 Å². The Labute approximate surface area is 102 Å². The topological polar surface area (TPSA) is 56.0 Å². The van der Waals surface area contributed by atoms with Crippen molar-refractivity contribution in [3.63, 3.8) is 0 Å². The smallest absolute Gasteiger partial charge is 0.182 e. The first kappa shape index (κ1) is 10.2. The molecule has 5 nitrogen and oxygen atoms in total. The molecule has 6 heteroatoms. The molecule has 0 amide bonds. The van der Waals surface area contributed by atoms with Crippen molar-refractivity contribution >= 4 is 17.2 Å². The molecule has 3 heterocycles. The number of fused-ring (bicyclic) bond motifs is 1. The summed E-state index contributed by atoms with van der Waals surface area (Å²) < 4.78 is 1.77. The molecule has 0 saturated carbocycles. The molecule has 0 aliphatic heterocycles. The van der Waals surface area contributed by atoms with Gasteiger partial charge in [0.25, 0.3) is 0 Å². The lowest BCUT2D eigenvalue weighted by Gasteiger charge is -2.06. The van der Waals surface area contributed by atoms with Gasteiger partial charge in [-0.1, -0.05) is 11.6 Å². The average Bonchev–Trinajstić information content (AvgIpc) is 2.84. The first-order chi connectivity index (χ1) is 8.27. The molecule has 0 aromatic carbocycles. The van der Waals surface area contributed by atoms with E-state index in [-0.39, 0.29) is 0 Å². The van der Waals surface area contributed by atoms with E-state index in [4.69, 9.17) is 11.6 Å². The Kier molecular flexibility index (Phi) is 2.26. The lowest BCUT2D eigenvalue weighted by Crippen LogP contribution is -1.98. The Morgan fingerprint density at radius 3 is 2.76 bits per heavy atom. The first-order valence-electron chi connectivity index (χ1n) is 5.03. The van der Waals surface area contributed by atoms with Crippen LogP contribution in [0.25, 0.3) is 17.0 Å². The molecule has 0 unspecified atom stereocenters. The molecule has 0 saturated heterocycles. The Hall–Kier alpha value is -2.01. The number of aromatic nitrogens is 5. The highest BCUT2D eigenvalue weighted by Crippen LogP contribution is 2.24. The molecule has 3 aromatic rings. The summed E-state index contributed by atoms with van der Waals surface area (Å²) in [4.78, 5) is 8.45. The molecule has 3 rings (SSSR count). The average molecular weight is 246 g/mol. The van der Waals surface area contributed by atoms with Crippen molar-refractivity contribution < 1.29 is 0 Å². The summed E-state index contributed by atoms with van der Waals surface area (Å²) in [5.41, 5.74) is 2.30. The summed E-state index contributed by atoms with van der Waals surface area (Å²) >= 11 is 6.13. The van der Waals surface area contributed by atoms with Gasteiger partial charge in [0.1, 0.15) is 17.2 Å². The van der Waals surface area contributed by atoms with E-state index in [0.29, 0.717) is 10.7 Å². The molecule has 0 fully saturated rings. The monoisotopic (exact) mass is 245 g/mol. The van der Waals surface area contributed by atoms with Gasteiger partial charge in [-0.3, -0.25) is 9.38 Å². The Morgan fingerprint density at radius 2 is 2.00 bits per heavy atom. The summed E-state index contributed by atoms with van der Waals surface area (Å²) in [6.45, 7) is 1.85. The second-order valence-electron chi connectivity index (χ2n) is 3.60. The van der Waals surface area contributed by atoms with Crippen LogP contribution in [0.1, 0.15) is 5.69 Å². The van der Waals surface area contributed by atoms with Crippen LogP contribution in [0.5, 0.6) is 0 Å². The van der Waals surface area contributed by atoms with Gasteiger partial charge >= 0.3 is 0 Å². The van der Waals surface area contributed by atoms with Gasteiger partial charge in [-0.05, 0) is 19.1 Å². The van der Waals surface area contributed by atoms with Crippen LogP contribution in [0, 0.1) is 6.92 Å². The van der Waals surface area contributed by atoms with Crippen molar-refractivity contribution in [3.8, 4) is 11.4 Å². The van der Waals surface area contributed by atoms with E-state index in [1.165, 1.54) is 0 Å². The molecule has 17 heavy (non-hydrogen) atoms. The Morgan fingerprint density at radius 1 is 1.24 bits per heavy atom. The normalized spacial score (nSPS) is 10.9. The summed E-state index contributed by atoms with van der Waals surface area (Å²) in [7, 11) is 0. The van der Waals surface area contributed by atoms with E-state index < -0.39 is 0 Å². The van der Waals surface area contributed by atoms with Crippen LogP contribution in [0.4, 0.5) is 0 Å². The molecule has 0 atom stereocenters. The van der Waals surface area contributed by atoms with E-state index in [1.807, 2.05) is 19.1 Å². The quantitative estimate of drug-likeness (QED) is 0.659. The van der Waals surface area contributed by atoms with Crippen molar-refractivity contribution in [1.29, 1.82) is 0 Å². The summed E-state index contributed by atoms with van der Waals surface area (Å²) in [6.07, 6.45) is 5.04. The van der Waals surface area contributed by atoms with Crippen LogP contribution in [-0.2, 0) is 0 Å². The van der Waals surface area contributed by atoms with Crippen molar-refractivity contribution in [1.82, 2.24) is 24.6 Å². The van der Waals surface area contributed by atoms with Crippen molar-refractivity contribution in [2.24, 2.45) is 0 Å². The molecule has 0 aliphatic carbocycles. The third-order valence-corrected chi connectivity index (χ3v) is 2.94. The molecule has 3 aromatic heterocycles. The maximum absolute atomic E-state index is 6.13. The van der Waals surface area contributed by atoms with Crippen LogP contribution in [-0.4, -0.2) is 24.6 Å². The number of hydrogen-bond donors (Lipinski definition) is 0. The highest BCUT2D eigenvalue weighted by Gasteiger charge is 2.12. The maximum Gasteiger partial charge on any atom is 0.182 e. The molecule has 0 radical (unpaired) electrons. The standard InChI is InChI=1S/C11H8ClN5/c1-7-9(12)11-16-14-6-17(11)10(15-7)8-2-4-13-5-3-8/h2-6H,1H3. The Bertz CT molecular complexity index is 677. The number of rotatable bonds is 1. The second-order valence-corrected chi connectivity index (χ2v) is 3.97. The van der Waals surface area contributed by atoms with E-state index in [9.17, 15) is 0 Å². The summed E-state index contributed by atoms with van der Waals surface area (Å²) in [6, 6.07) is 3.77. The molecule has 84 valence electrons. The lowest BCUT2D eigenvalue weighted by molar-refractivity contribution is 1.05. The van der Waals surface area contributed by atoms with Gasteiger partial charge in [-0.2, -0.15) is 0 Å². The predicted octanol–water partition coefficient (Wildman–Crippen LogP) is 2.15. The van der Waals surface area contributed by atoms with Gasteiger partial charge in [0.15, 0.2) is 5.65 Å². The van der Waals surface area contributed by atoms with Gasteiger partial charge in [0.05, 0.1) is 5.69 Å². The zero-order valence-corrected chi connectivity index (χ0v) is 9.76. The molecule has 0 bridgehead atoms. The number of aryl methyl sites for hydroxylation is 1. The van der Waals surface area contributed by atoms with Gasteiger partial charge < -0.3 is 0 Å². The van der Waals surface area contributed by atoms with E-state index >= 15 is 0 Å². The highest BCUT2D eigenvalue weighted by molar-refractivity contribution is 6.34. The third-order valence-electron chi connectivity index (χ3n) is 2.50. The Balaban J connectivity index is 2.38. The fourth-order valence-corrected chi connectivity index (χ4v) is 1.84. The fourth-order valence-electron chi connectivity index (χ4n) is 1.67. The largest absolute Gasteiger partial charge is 0.265 e. The molecule has 0 N–H and O–H groups in total. The highest BCUT2D eigenvalue weighted by atomic mass is 35.5. The molecular formula is C11H8ClN5.